The minimum atomic E-state index is -0.641. The number of hydrogen-bond acceptors (Lipinski definition) is 6. The molecule has 2 aromatic carbocycles. The molecule has 4 aliphatic carbocycles. The van der Waals surface area contributed by atoms with Crippen molar-refractivity contribution in [3.8, 4) is 11.5 Å². The lowest BCUT2D eigenvalue weighted by Gasteiger charge is -2.34. The fourth-order valence-electron chi connectivity index (χ4n) is 7.89. The molecule has 0 heterocycles. The van der Waals surface area contributed by atoms with Crippen molar-refractivity contribution in [1.29, 1.82) is 0 Å². The lowest BCUT2D eigenvalue weighted by Crippen LogP contribution is -2.32. The average Bonchev–Trinajstić information content (AvgIpc) is 3.62. The van der Waals surface area contributed by atoms with Crippen molar-refractivity contribution in [2.45, 2.75) is 77.9 Å². The predicted octanol–water partition coefficient (Wildman–Crippen LogP) is 7.86. The van der Waals surface area contributed by atoms with Crippen LogP contribution < -0.4 is 4.74 Å². The highest BCUT2D eigenvalue weighted by Gasteiger charge is 2.49. The molecule has 0 spiro atoms. The van der Waals surface area contributed by atoms with Crippen LogP contribution in [0.15, 0.2) is 83.6 Å². The van der Waals surface area contributed by atoms with Crippen LogP contribution in [-0.2, 0) is 21.0 Å². The third-order valence-electron chi connectivity index (χ3n) is 10.5. The minimum absolute atomic E-state index is 0.0256. The van der Waals surface area contributed by atoms with Gasteiger partial charge in [-0.15, -0.1) is 0 Å². The van der Waals surface area contributed by atoms with E-state index in [1.54, 1.807) is 0 Å². The van der Waals surface area contributed by atoms with Gasteiger partial charge in [0, 0.05) is 24.7 Å². The van der Waals surface area contributed by atoms with Crippen LogP contribution in [0.1, 0.15) is 70.8 Å². The summed E-state index contributed by atoms with van der Waals surface area (Å²) < 4.78 is 5.88. The fourth-order valence-corrected chi connectivity index (χ4v) is 7.89. The van der Waals surface area contributed by atoms with E-state index in [9.17, 15) is 14.7 Å². The fraction of sp³-hybridized carbons (Fsp3) is 0.500. The van der Waals surface area contributed by atoms with E-state index in [1.165, 1.54) is 0 Å². The maximum Gasteiger partial charge on any atom is 0.164 e. The molecule has 232 valence electrons. The van der Waals surface area contributed by atoms with Crippen molar-refractivity contribution in [3.05, 3.63) is 84.0 Å². The van der Waals surface area contributed by atoms with Crippen molar-refractivity contribution in [2.75, 3.05) is 0 Å². The van der Waals surface area contributed by atoms with Crippen LogP contribution in [0.4, 0.5) is 0 Å². The number of ketones is 2. The van der Waals surface area contributed by atoms with Gasteiger partial charge in [-0.2, -0.15) is 0 Å². The molecule has 8 unspecified atom stereocenters. The lowest BCUT2D eigenvalue weighted by atomic mass is 9.69. The van der Waals surface area contributed by atoms with Crippen LogP contribution in [0.25, 0.3) is 0 Å². The highest BCUT2D eigenvalue weighted by Crippen LogP contribution is 2.53. The van der Waals surface area contributed by atoms with E-state index in [-0.39, 0.29) is 29.3 Å². The summed E-state index contributed by atoms with van der Waals surface area (Å²) in [6.07, 6.45) is 12.1. The maximum atomic E-state index is 13.8. The third-order valence-corrected chi connectivity index (χ3v) is 10.5. The number of nitrogens with zero attached hydrogens (tertiary/aromatic N) is 1. The Bertz CT molecular complexity index is 1410. The molecule has 2 aromatic rings. The van der Waals surface area contributed by atoms with E-state index in [1.807, 2.05) is 61.5 Å². The van der Waals surface area contributed by atoms with Gasteiger partial charge in [0.2, 0.25) is 0 Å². The van der Waals surface area contributed by atoms with Gasteiger partial charge in [-0.3, -0.25) is 9.59 Å². The van der Waals surface area contributed by atoms with Crippen molar-refractivity contribution >= 4 is 17.3 Å². The lowest BCUT2D eigenvalue weighted by molar-refractivity contribution is -0.123. The van der Waals surface area contributed by atoms with Crippen LogP contribution >= 0.6 is 0 Å². The van der Waals surface area contributed by atoms with E-state index in [0.29, 0.717) is 43.6 Å². The molecule has 0 aromatic heterocycles. The summed E-state index contributed by atoms with van der Waals surface area (Å²) in [6.45, 7) is 4.39. The first-order valence-corrected chi connectivity index (χ1v) is 16.5. The highest BCUT2D eigenvalue weighted by atomic mass is 16.6. The summed E-state index contributed by atoms with van der Waals surface area (Å²) in [5, 5.41) is 15.4. The summed E-state index contributed by atoms with van der Waals surface area (Å²) in [5.41, 5.74) is 2.85. The van der Waals surface area contributed by atoms with E-state index < -0.39 is 12.0 Å². The van der Waals surface area contributed by atoms with Crippen molar-refractivity contribution < 1.29 is 24.3 Å². The molecule has 4 aliphatic rings. The highest BCUT2D eigenvalue weighted by molar-refractivity contribution is 5.99. The number of rotatable bonds is 6. The largest absolute Gasteiger partial charge is 0.457 e. The number of aliphatic hydroxyl groups is 1. The molecule has 1 N–H and O–H groups in total. The number of benzene rings is 2. The molecule has 2 saturated carbocycles. The number of carbonyl (C=O) groups is 2. The van der Waals surface area contributed by atoms with Gasteiger partial charge >= 0.3 is 0 Å². The van der Waals surface area contributed by atoms with Gasteiger partial charge in [-0.05, 0) is 90.7 Å². The summed E-state index contributed by atoms with van der Waals surface area (Å²) in [4.78, 5) is 32.9. The first kappa shape index (κ1) is 30.5. The van der Waals surface area contributed by atoms with Gasteiger partial charge in [0.1, 0.15) is 23.9 Å². The summed E-state index contributed by atoms with van der Waals surface area (Å²) in [6, 6.07) is 17.6. The van der Waals surface area contributed by atoms with Gasteiger partial charge in [0.25, 0.3) is 0 Å². The Morgan fingerprint density at radius 1 is 0.886 bits per heavy atom. The summed E-state index contributed by atoms with van der Waals surface area (Å²) in [5.74, 6) is 2.70. The van der Waals surface area contributed by atoms with E-state index in [2.05, 4.69) is 30.3 Å². The molecule has 6 nitrogen and oxygen atoms in total. The van der Waals surface area contributed by atoms with Crippen molar-refractivity contribution in [1.82, 2.24) is 0 Å². The molecule has 0 aliphatic heterocycles. The van der Waals surface area contributed by atoms with E-state index >= 15 is 0 Å². The number of ether oxygens (including phenoxy) is 1. The van der Waals surface area contributed by atoms with Crippen molar-refractivity contribution in [2.24, 2.45) is 46.6 Å². The number of oxime groups is 1. The average molecular weight is 596 g/mol. The number of hydrogen-bond donors (Lipinski definition) is 1. The number of allylic oxidation sites excluding steroid dienone is 4. The van der Waals surface area contributed by atoms with Crippen LogP contribution in [-0.4, -0.2) is 28.5 Å². The Morgan fingerprint density at radius 2 is 1.66 bits per heavy atom. The van der Waals surface area contributed by atoms with Gasteiger partial charge in [0.05, 0.1) is 11.8 Å². The molecule has 0 amide bonds. The molecule has 0 radical (unpaired) electrons. The monoisotopic (exact) mass is 595 g/mol. The zero-order chi connectivity index (χ0) is 30.6. The van der Waals surface area contributed by atoms with Gasteiger partial charge in [-0.25, -0.2) is 0 Å². The number of para-hydroxylation sites is 1. The zero-order valence-corrected chi connectivity index (χ0v) is 25.9. The Labute approximate surface area is 261 Å². The molecular weight excluding hydrogens is 550 g/mol. The second kappa shape index (κ2) is 13.6. The topological polar surface area (TPSA) is 85.2 Å². The minimum Gasteiger partial charge on any atom is -0.457 e. The normalized spacial score (nSPS) is 33.1. The van der Waals surface area contributed by atoms with E-state index in [4.69, 9.17) is 9.57 Å². The molecular formula is C38H45NO5. The maximum absolute atomic E-state index is 13.8. The Morgan fingerprint density at radius 3 is 2.43 bits per heavy atom. The molecule has 0 bridgehead atoms. The second-order valence-electron chi connectivity index (χ2n) is 13.4. The van der Waals surface area contributed by atoms with Crippen LogP contribution in [0, 0.1) is 41.4 Å². The molecule has 44 heavy (non-hydrogen) atoms. The first-order valence-electron chi connectivity index (χ1n) is 16.5. The smallest absolute Gasteiger partial charge is 0.164 e. The van der Waals surface area contributed by atoms with E-state index in [0.717, 1.165) is 60.5 Å². The first-order chi connectivity index (χ1) is 21.4. The quantitative estimate of drug-likeness (QED) is 0.271. The van der Waals surface area contributed by atoms with Crippen LogP contribution in [0.5, 0.6) is 11.5 Å². The van der Waals surface area contributed by atoms with Gasteiger partial charge in [0.15, 0.2) is 5.78 Å². The summed E-state index contributed by atoms with van der Waals surface area (Å²) >= 11 is 0. The summed E-state index contributed by atoms with van der Waals surface area (Å²) in [7, 11) is 0. The molecule has 0 saturated heterocycles. The van der Waals surface area contributed by atoms with Gasteiger partial charge < -0.3 is 14.7 Å². The van der Waals surface area contributed by atoms with Crippen LogP contribution in [0.3, 0.4) is 0 Å². The van der Waals surface area contributed by atoms with Crippen molar-refractivity contribution in [3.63, 3.8) is 0 Å². The van der Waals surface area contributed by atoms with Gasteiger partial charge in [-0.1, -0.05) is 80.4 Å². The zero-order valence-electron chi connectivity index (χ0n) is 25.9. The molecule has 6 rings (SSSR count). The number of carbonyl (C=O) groups excluding carboxylic acids is 2. The van der Waals surface area contributed by atoms with Crippen LogP contribution in [0.2, 0.25) is 0 Å². The predicted molar refractivity (Wildman–Crippen MR) is 171 cm³/mol. The molecule has 8 atom stereocenters. The SMILES string of the molecule is CCC1CCCC(O)C(C)C(=O)C2=CC3C(C=CC4C/C(=N\OCc5ccc(Oc6ccccc6)cc5)CC43)C2CC(=O)C1. The second-order valence-corrected chi connectivity index (χ2v) is 13.4. The Balaban J connectivity index is 1.12. The molecule has 6 heteroatoms. The standard InChI is InChI=1S/C38H45NO5/c1-3-25-8-7-11-37(41)24(2)38(42)36-22-35-32(34(36)21-29(40)18-25)17-14-27-19-28(20-33(27)35)39-43-23-26-12-15-31(16-13-26)44-30-9-5-4-6-10-30/h4-6,9-10,12-17,22,24-25,27,32-35,37,41H,3,7-8,11,18-21,23H2,1-2H3/b39-28+. The third kappa shape index (κ3) is 6.76. The molecule has 2 fully saturated rings. The number of fused-ring (bicyclic) bond motifs is 5. The Hall–Kier alpha value is -3.51. The number of aliphatic hydroxyl groups excluding tert-OH is 1. The Kier molecular flexibility index (Phi) is 9.46. The number of Topliss-reactive ketones (excluding diaryl/α,β-unsaturated/α-hetero) is 2.